The fraction of sp³-hybridized carbons (Fsp3) is 0.412. The van der Waals surface area contributed by atoms with Crippen LogP contribution in [0.2, 0.25) is 0 Å². The van der Waals surface area contributed by atoms with Gasteiger partial charge >= 0.3 is 18.0 Å². The average Bonchev–Trinajstić information content (AvgIpc) is 2.89. The average molecular weight is 370 g/mol. The van der Waals surface area contributed by atoms with E-state index in [0.29, 0.717) is 0 Å². The monoisotopic (exact) mass is 370 g/mol. The number of hydrogen-bond acceptors (Lipinski definition) is 3. The summed E-state index contributed by atoms with van der Waals surface area (Å²) in [6, 6.07) is 7.50. The summed E-state index contributed by atoms with van der Waals surface area (Å²) in [6.07, 6.45) is -2.63. The molecule has 2 N–H and O–H groups in total. The molecule has 0 aliphatic carbocycles. The first-order valence-corrected chi connectivity index (χ1v) is 7.93. The quantitative estimate of drug-likeness (QED) is 0.786. The van der Waals surface area contributed by atoms with Crippen LogP contribution in [0.1, 0.15) is 11.6 Å². The largest absolute Gasteiger partial charge is 0.405 e. The van der Waals surface area contributed by atoms with Crippen molar-refractivity contribution in [3.05, 3.63) is 36.0 Å². The van der Waals surface area contributed by atoms with Gasteiger partial charge in [0.25, 0.3) is 0 Å². The van der Waals surface area contributed by atoms with Gasteiger partial charge in [0.05, 0.1) is 6.04 Å². The number of carbonyl (C=O) groups excluding carboxylic acids is 2. The summed E-state index contributed by atoms with van der Waals surface area (Å²) in [6.45, 7) is -1.46. The van der Waals surface area contributed by atoms with E-state index in [9.17, 15) is 22.8 Å². The van der Waals surface area contributed by atoms with Gasteiger partial charge in [0.1, 0.15) is 6.54 Å². The third kappa shape index (κ3) is 4.75. The number of aryl methyl sites for hydroxylation is 1. The van der Waals surface area contributed by atoms with E-state index in [1.165, 1.54) is 0 Å². The zero-order chi connectivity index (χ0) is 19.5. The fourth-order valence-corrected chi connectivity index (χ4v) is 2.74. The van der Waals surface area contributed by atoms with E-state index in [0.717, 1.165) is 16.5 Å². The maximum atomic E-state index is 12.1. The molecule has 0 spiro atoms. The summed E-state index contributed by atoms with van der Waals surface area (Å²) >= 11 is 0. The van der Waals surface area contributed by atoms with E-state index in [-0.39, 0.29) is 12.6 Å². The third-order valence-electron chi connectivity index (χ3n) is 4.02. The lowest BCUT2D eigenvalue weighted by Crippen LogP contribution is -2.45. The van der Waals surface area contributed by atoms with Crippen molar-refractivity contribution < 1.29 is 22.8 Å². The number of rotatable bonds is 5. The Morgan fingerprint density at radius 3 is 2.38 bits per heavy atom. The van der Waals surface area contributed by atoms with Crippen LogP contribution in [0, 0.1) is 0 Å². The first kappa shape index (κ1) is 19.8. The minimum atomic E-state index is -4.56. The molecule has 0 aliphatic heterocycles. The lowest BCUT2D eigenvalue weighted by molar-refractivity contribution is -0.146. The highest BCUT2D eigenvalue weighted by molar-refractivity contribution is 6.35. The van der Waals surface area contributed by atoms with E-state index in [2.05, 4.69) is 5.32 Å². The second kappa shape index (κ2) is 7.77. The number of likely N-dealkylation sites (N-methyl/N-ethyl adjacent to an activating group) is 1. The number of nitrogens with one attached hydrogen (secondary N) is 2. The number of alkyl halides is 3. The Morgan fingerprint density at radius 1 is 1.15 bits per heavy atom. The van der Waals surface area contributed by atoms with Crippen LogP contribution in [0.5, 0.6) is 0 Å². The second-order valence-corrected chi connectivity index (χ2v) is 6.20. The Hall–Kier alpha value is -2.55. The summed E-state index contributed by atoms with van der Waals surface area (Å²) in [7, 11) is 5.55. The predicted octanol–water partition coefficient (Wildman–Crippen LogP) is 1.58. The summed E-state index contributed by atoms with van der Waals surface area (Å²) < 4.78 is 38.3. The number of halogens is 3. The van der Waals surface area contributed by atoms with E-state index in [4.69, 9.17) is 0 Å². The van der Waals surface area contributed by atoms with E-state index >= 15 is 0 Å². The highest BCUT2D eigenvalue weighted by Gasteiger charge is 2.29. The van der Waals surface area contributed by atoms with Crippen LogP contribution in [0.15, 0.2) is 30.5 Å². The van der Waals surface area contributed by atoms with Gasteiger partial charge in [-0.1, -0.05) is 18.2 Å². The molecule has 0 fully saturated rings. The van der Waals surface area contributed by atoms with Crippen molar-refractivity contribution >= 4 is 22.7 Å². The van der Waals surface area contributed by atoms with Gasteiger partial charge in [-0.25, -0.2) is 0 Å². The maximum Gasteiger partial charge on any atom is 0.405 e. The van der Waals surface area contributed by atoms with Gasteiger partial charge in [0.15, 0.2) is 0 Å². The first-order chi connectivity index (χ1) is 12.1. The molecule has 0 radical (unpaired) electrons. The number of benzene rings is 1. The molecular formula is C17H21F3N4O2. The number of fused-ring (bicyclic) bond motifs is 1. The van der Waals surface area contributed by atoms with Crippen molar-refractivity contribution in [1.82, 2.24) is 20.1 Å². The SMILES string of the molecule is CN(C)C(CNC(=O)C(=O)NCC(F)(F)F)c1cn(C)c2ccccc12. The van der Waals surface area contributed by atoms with Gasteiger partial charge in [-0.05, 0) is 25.7 Å². The van der Waals surface area contributed by atoms with Crippen molar-refractivity contribution in [3.63, 3.8) is 0 Å². The standard InChI is InChI=1S/C17H21F3N4O2/c1-23(2)14(8-21-15(25)16(26)22-10-17(18,19)20)12-9-24(3)13-7-5-4-6-11(12)13/h4-7,9,14H,8,10H2,1-3H3,(H,21,25)(H,22,26). The van der Waals surface area contributed by atoms with E-state index in [1.54, 1.807) is 5.32 Å². The molecule has 0 saturated heterocycles. The van der Waals surface area contributed by atoms with Crippen molar-refractivity contribution in [2.24, 2.45) is 7.05 Å². The minimum absolute atomic E-state index is 0.0826. The molecule has 6 nitrogen and oxygen atoms in total. The summed E-state index contributed by atoms with van der Waals surface area (Å²) in [5.41, 5.74) is 1.97. The summed E-state index contributed by atoms with van der Waals surface area (Å²) in [4.78, 5) is 25.1. The van der Waals surface area contributed by atoms with Crippen LogP contribution in [0.25, 0.3) is 10.9 Å². The molecular weight excluding hydrogens is 349 g/mol. The molecule has 1 aromatic carbocycles. The van der Waals surface area contributed by atoms with Crippen molar-refractivity contribution in [1.29, 1.82) is 0 Å². The van der Waals surface area contributed by atoms with Crippen LogP contribution in [0.4, 0.5) is 13.2 Å². The summed E-state index contributed by atoms with van der Waals surface area (Å²) in [5.74, 6) is -2.40. The smallest absolute Gasteiger partial charge is 0.350 e. The second-order valence-electron chi connectivity index (χ2n) is 6.20. The number of carbonyl (C=O) groups is 2. The van der Waals surface area contributed by atoms with Crippen LogP contribution in [-0.4, -0.2) is 54.6 Å². The molecule has 1 heterocycles. The molecule has 1 atom stereocenters. The molecule has 142 valence electrons. The van der Waals surface area contributed by atoms with Crippen molar-refractivity contribution in [2.75, 3.05) is 27.2 Å². The molecule has 26 heavy (non-hydrogen) atoms. The zero-order valence-corrected chi connectivity index (χ0v) is 14.7. The van der Waals surface area contributed by atoms with Gasteiger partial charge in [0, 0.05) is 30.7 Å². The van der Waals surface area contributed by atoms with Crippen LogP contribution < -0.4 is 10.6 Å². The molecule has 2 amide bonds. The lowest BCUT2D eigenvalue weighted by atomic mass is 10.0. The Kier molecular flexibility index (Phi) is 5.91. The highest BCUT2D eigenvalue weighted by Crippen LogP contribution is 2.28. The third-order valence-corrected chi connectivity index (χ3v) is 4.02. The first-order valence-electron chi connectivity index (χ1n) is 7.93. The maximum absolute atomic E-state index is 12.1. The number of aromatic nitrogens is 1. The van der Waals surface area contributed by atoms with Crippen LogP contribution in [-0.2, 0) is 16.6 Å². The normalized spacial score (nSPS) is 13.0. The number of amides is 2. The molecule has 0 bridgehead atoms. The summed E-state index contributed by atoms with van der Waals surface area (Å²) in [5, 5.41) is 4.96. The Bertz CT molecular complexity index is 799. The van der Waals surface area contributed by atoms with E-state index in [1.807, 2.05) is 61.1 Å². The minimum Gasteiger partial charge on any atom is -0.350 e. The lowest BCUT2D eigenvalue weighted by Gasteiger charge is -2.24. The van der Waals surface area contributed by atoms with Crippen molar-refractivity contribution in [3.8, 4) is 0 Å². The van der Waals surface area contributed by atoms with Gasteiger partial charge in [-0.15, -0.1) is 0 Å². The number of nitrogens with zero attached hydrogens (tertiary/aromatic N) is 2. The van der Waals surface area contributed by atoms with Gasteiger partial charge in [-0.3, -0.25) is 9.59 Å². The molecule has 0 saturated carbocycles. The molecule has 1 aromatic heterocycles. The molecule has 2 rings (SSSR count). The predicted molar refractivity (Wildman–Crippen MR) is 91.4 cm³/mol. The Balaban J connectivity index is 2.09. The molecule has 2 aromatic rings. The molecule has 9 heteroatoms. The zero-order valence-electron chi connectivity index (χ0n) is 14.7. The van der Waals surface area contributed by atoms with Gasteiger partial charge in [0.2, 0.25) is 0 Å². The highest BCUT2D eigenvalue weighted by atomic mass is 19.4. The molecule has 0 aliphatic rings. The number of para-hydroxylation sites is 1. The van der Waals surface area contributed by atoms with Gasteiger partial charge < -0.3 is 20.1 Å². The topological polar surface area (TPSA) is 66.4 Å². The Labute approximate surface area is 148 Å². The van der Waals surface area contributed by atoms with Crippen LogP contribution >= 0.6 is 0 Å². The van der Waals surface area contributed by atoms with E-state index < -0.39 is 24.5 Å². The number of hydrogen-bond donors (Lipinski definition) is 2. The van der Waals surface area contributed by atoms with Crippen molar-refractivity contribution in [2.45, 2.75) is 12.2 Å². The van der Waals surface area contributed by atoms with Crippen LogP contribution in [0.3, 0.4) is 0 Å². The molecule has 1 unspecified atom stereocenters. The Morgan fingerprint density at radius 2 is 1.77 bits per heavy atom. The van der Waals surface area contributed by atoms with Gasteiger partial charge in [-0.2, -0.15) is 13.2 Å². The fourth-order valence-electron chi connectivity index (χ4n) is 2.74.